The van der Waals surface area contributed by atoms with Gasteiger partial charge < -0.3 is 10.1 Å². The van der Waals surface area contributed by atoms with E-state index in [1.165, 1.54) is 31.2 Å². The number of anilines is 1. The first-order chi connectivity index (χ1) is 11.2. The average molecular weight is 306 g/mol. The van der Waals surface area contributed by atoms with Gasteiger partial charge in [0, 0.05) is 12.3 Å². The Balaban J connectivity index is 1.52. The molecule has 118 valence electrons. The van der Waals surface area contributed by atoms with E-state index in [0.29, 0.717) is 5.41 Å². The summed E-state index contributed by atoms with van der Waals surface area (Å²) in [5, 5.41) is 3.31. The summed E-state index contributed by atoms with van der Waals surface area (Å²) in [4.78, 5) is 4.30. The zero-order valence-corrected chi connectivity index (χ0v) is 13.5. The number of hydrogen-bond acceptors (Lipinski definition) is 3. The minimum absolute atomic E-state index is 0.465. The van der Waals surface area contributed by atoms with Gasteiger partial charge in [-0.2, -0.15) is 0 Å². The highest BCUT2D eigenvalue weighted by Gasteiger charge is 2.29. The maximum absolute atomic E-state index is 5.96. The van der Waals surface area contributed by atoms with Crippen LogP contribution in [0.15, 0.2) is 48.5 Å². The fourth-order valence-corrected chi connectivity index (χ4v) is 3.70. The van der Waals surface area contributed by atoms with E-state index in [1.54, 1.807) is 6.20 Å². The van der Waals surface area contributed by atoms with Crippen LogP contribution in [-0.4, -0.2) is 4.98 Å². The fraction of sp³-hybridized carbons (Fsp3) is 0.350. The van der Waals surface area contributed by atoms with Crippen molar-refractivity contribution >= 4 is 11.8 Å². The Morgan fingerprint density at radius 1 is 1.22 bits per heavy atom. The summed E-state index contributed by atoms with van der Waals surface area (Å²) >= 11 is 0. The van der Waals surface area contributed by atoms with Crippen molar-refractivity contribution in [2.75, 3.05) is 5.32 Å². The summed E-state index contributed by atoms with van der Waals surface area (Å²) in [7, 11) is 0. The van der Waals surface area contributed by atoms with Crippen molar-refractivity contribution in [3.05, 3.63) is 59.7 Å². The van der Waals surface area contributed by atoms with Crippen LogP contribution in [0.4, 0.5) is 5.69 Å². The molecule has 1 aromatic heterocycles. The van der Waals surface area contributed by atoms with Gasteiger partial charge in [0.25, 0.3) is 0 Å². The van der Waals surface area contributed by atoms with Crippen LogP contribution in [0.2, 0.25) is 0 Å². The minimum Gasteiger partial charge on any atom is -0.439 e. The molecule has 1 saturated carbocycles. The van der Waals surface area contributed by atoms with Gasteiger partial charge >= 0.3 is 0 Å². The van der Waals surface area contributed by atoms with Crippen molar-refractivity contribution in [2.24, 2.45) is 5.41 Å². The van der Waals surface area contributed by atoms with E-state index in [-0.39, 0.29) is 0 Å². The standard InChI is InChI=1S/C20H22N2O/c1-20(9-3-4-10-20)14-15-7-8-17-18(12-15)23-19(22-17)13-16-6-2-5-11-21-16/h2,5-8,11-13,22H,3-4,9-10,14H2,1H3. The van der Waals surface area contributed by atoms with E-state index in [2.05, 4.69) is 35.4 Å². The van der Waals surface area contributed by atoms with Crippen molar-refractivity contribution in [2.45, 2.75) is 39.0 Å². The highest BCUT2D eigenvalue weighted by Crippen LogP contribution is 2.42. The zero-order chi connectivity index (χ0) is 15.7. The summed E-state index contributed by atoms with van der Waals surface area (Å²) in [5.41, 5.74) is 3.76. The first-order valence-corrected chi connectivity index (χ1v) is 8.41. The molecule has 2 heterocycles. The van der Waals surface area contributed by atoms with Gasteiger partial charge in [-0.25, -0.2) is 0 Å². The van der Waals surface area contributed by atoms with Crippen LogP contribution in [-0.2, 0) is 6.42 Å². The number of fused-ring (bicyclic) bond motifs is 1. The van der Waals surface area contributed by atoms with Crippen LogP contribution >= 0.6 is 0 Å². The van der Waals surface area contributed by atoms with E-state index < -0.39 is 0 Å². The Labute approximate surface area is 137 Å². The molecule has 4 rings (SSSR count). The molecule has 0 unspecified atom stereocenters. The predicted octanol–water partition coefficient (Wildman–Crippen LogP) is 5.01. The molecular weight excluding hydrogens is 284 g/mol. The number of aromatic nitrogens is 1. The molecule has 3 heteroatoms. The van der Waals surface area contributed by atoms with Gasteiger partial charge in [-0.15, -0.1) is 0 Å². The summed E-state index contributed by atoms with van der Waals surface area (Å²) in [6.07, 6.45) is 10.3. The topological polar surface area (TPSA) is 34.1 Å². The Morgan fingerprint density at radius 3 is 2.87 bits per heavy atom. The lowest BCUT2D eigenvalue weighted by Crippen LogP contribution is -2.14. The molecule has 1 aromatic carbocycles. The fourth-order valence-electron chi connectivity index (χ4n) is 3.70. The lowest BCUT2D eigenvalue weighted by atomic mass is 9.82. The van der Waals surface area contributed by atoms with Crippen molar-refractivity contribution in [3.8, 4) is 5.75 Å². The normalized spacial score (nSPS) is 20.1. The molecule has 0 amide bonds. The molecule has 2 aliphatic rings. The number of nitrogens with zero attached hydrogens (tertiary/aromatic N) is 1. The second kappa shape index (κ2) is 5.73. The second-order valence-electron chi connectivity index (χ2n) is 7.02. The molecule has 23 heavy (non-hydrogen) atoms. The van der Waals surface area contributed by atoms with Crippen LogP contribution in [0.25, 0.3) is 6.08 Å². The van der Waals surface area contributed by atoms with Crippen molar-refractivity contribution in [3.63, 3.8) is 0 Å². The van der Waals surface area contributed by atoms with Gasteiger partial charge in [0.05, 0.1) is 11.4 Å². The molecule has 2 aromatic rings. The van der Waals surface area contributed by atoms with Crippen molar-refractivity contribution in [1.82, 2.24) is 4.98 Å². The van der Waals surface area contributed by atoms with Crippen LogP contribution < -0.4 is 10.1 Å². The molecule has 0 saturated heterocycles. The average Bonchev–Trinajstić information content (AvgIpc) is 3.14. The monoisotopic (exact) mass is 306 g/mol. The molecule has 1 aliphatic heterocycles. The lowest BCUT2D eigenvalue weighted by molar-refractivity contribution is 0.334. The number of pyridine rings is 1. The third kappa shape index (κ3) is 3.09. The SMILES string of the molecule is CC1(Cc2ccc3c(c2)OC(=Cc2ccccn2)N3)CCCC1. The molecule has 0 atom stereocenters. The van der Waals surface area contributed by atoms with Gasteiger partial charge in [0.1, 0.15) is 0 Å². The Hall–Kier alpha value is -2.29. The molecule has 0 bridgehead atoms. The van der Waals surface area contributed by atoms with Gasteiger partial charge in [0.15, 0.2) is 11.6 Å². The Bertz CT molecular complexity index is 731. The van der Waals surface area contributed by atoms with Crippen LogP contribution in [0.1, 0.15) is 43.9 Å². The van der Waals surface area contributed by atoms with E-state index in [0.717, 1.165) is 29.4 Å². The van der Waals surface area contributed by atoms with Gasteiger partial charge in [-0.1, -0.05) is 31.9 Å². The number of ether oxygens (including phenoxy) is 1. The van der Waals surface area contributed by atoms with E-state index in [4.69, 9.17) is 4.74 Å². The van der Waals surface area contributed by atoms with Crippen LogP contribution in [0.5, 0.6) is 5.75 Å². The van der Waals surface area contributed by atoms with Crippen LogP contribution in [0.3, 0.4) is 0 Å². The van der Waals surface area contributed by atoms with Crippen molar-refractivity contribution < 1.29 is 4.74 Å². The number of hydrogen-bond donors (Lipinski definition) is 1. The largest absolute Gasteiger partial charge is 0.439 e. The zero-order valence-electron chi connectivity index (χ0n) is 13.5. The van der Waals surface area contributed by atoms with Gasteiger partial charge in [-0.3, -0.25) is 4.98 Å². The Kier molecular flexibility index (Phi) is 3.56. The van der Waals surface area contributed by atoms with E-state index in [1.807, 2.05) is 24.3 Å². The third-order valence-corrected chi connectivity index (χ3v) is 4.93. The highest BCUT2D eigenvalue weighted by atomic mass is 16.5. The summed E-state index contributed by atoms with van der Waals surface area (Å²) in [6, 6.07) is 12.4. The number of nitrogens with one attached hydrogen (secondary N) is 1. The van der Waals surface area contributed by atoms with Crippen molar-refractivity contribution in [1.29, 1.82) is 0 Å². The third-order valence-electron chi connectivity index (χ3n) is 4.93. The lowest BCUT2D eigenvalue weighted by Gasteiger charge is -2.23. The molecule has 3 nitrogen and oxygen atoms in total. The smallest absolute Gasteiger partial charge is 0.200 e. The summed E-state index contributed by atoms with van der Waals surface area (Å²) in [6.45, 7) is 2.42. The van der Waals surface area contributed by atoms with E-state index >= 15 is 0 Å². The quantitative estimate of drug-likeness (QED) is 0.865. The summed E-state index contributed by atoms with van der Waals surface area (Å²) in [5.74, 6) is 1.66. The first-order valence-electron chi connectivity index (χ1n) is 8.41. The molecular formula is C20H22N2O. The maximum Gasteiger partial charge on any atom is 0.200 e. The number of rotatable bonds is 3. The second-order valence-corrected chi connectivity index (χ2v) is 7.02. The van der Waals surface area contributed by atoms with Gasteiger partial charge in [-0.05, 0) is 54.5 Å². The molecule has 0 spiro atoms. The predicted molar refractivity (Wildman–Crippen MR) is 93.2 cm³/mol. The van der Waals surface area contributed by atoms with Crippen LogP contribution in [0, 0.1) is 5.41 Å². The maximum atomic E-state index is 5.96. The summed E-state index contributed by atoms with van der Waals surface area (Å²) < 4.78 is 5.96. The highest BCUT2D eigenvalue weighted by molar-refractivity contribution is 5.68. The molecule has 1 aliphatic carbocycles. The number of benzene rings is 1. The molecule has 1 fully saturated rings. The first kappa shape index (κ1) is 14.3. The molecule has 1 N–H and O–H groups in total. The van der Waals surface area contributed by atoms with Gasteiger partial charge in [0.2, 0.25) is 0 Å². The Morgan fingerprint density at radius 2 is 2.09 bits per heavy atom. The molecule has 0 radical (unpaired) electrons. The van der Waals surface area contributed by atoms with E-state index in [9.17, 15) is 0 Å². The minimum atomic E-state index is 0.465.